The van der Waals surface area contributed by atoms with Gasteiger partial charge in [0.1, 0.15) is 0 Å². The minimum atomic E-state index is 1.10. The SMILES string of the molecule is CC.CC.CNc1ccncc1.Cc1ccncc1C. The second kappa shape index (κ2) is 15.2. The zero-order valence-corrected chi connectivity index (χ0v) is 13.9. The van der Waals surface area contributed by atoms with Gasteiger partial charge in [-0.25, -0.2) is 0 Å². The molecule has 2 heterocycles. The summed E-state index contributed by atoms with van der Waals surface area (Å²) in [6.07, 6.45) is 7.19. The Balaban J connectivity index is 0. The summed E-state index contributed by atoms with van der Waals surface area (Å²) in [4.78, 5) is 7.80. The molecular formula is C17H29N3. The molecule has 0 aliphatic carbocycles. The van der Waals surface area contributed by atoms with Gasteiger partial charge in [-0.3, -0.25) is 9.97 Å². The lowest BCUT2D eigenvalue weighted by molar-refractivity contribution is 1.22. The topological polar surface area (TPSA) is 37.8 Å². The molecule has 1 N–H and O–H groups in total. The van der Waals surface area contributed by atoms with Gasteiger partial charge in [0, 0.05) is 37.5 Å². The quantitative estimate of drug-likeness (QED) is 0.806. The van der Waals surface area contributed by atoms with Crippen molar-refractivity contribution in [1.82, 2.24) is 9.97 Å². The van der Waals surface area contributed by atoms with E-state index in [2.05, 4.69) is 29.1 Å². The lowest BCUT2D eigenvalue weighted by Gasteiger charge is -1.93. The summed E-state index contributed by atoms with van der Waals surface area (Å²) in [6, 6.07) is 5.84. The molecule has 2 aromatic rings. The highest BCUT2D eigenvalue weighted by Gasteiger charge is 1.85. The van der Waals surface area contributed by atoms with Crippen LogP contribution in [0.25, 0.3) is 0 Å². The Morgan fingerprint density at radius 2 is 1.25 bits per heavy atom. The van der Waals surface area contributed by atoms with Gasteiger partial charge in [0.25, 0.3) is 0 Å². The van der Waals surface area contributed by atoms with Crippen LogP contribution in [0.2, 0.25) is 0 Å². The number of pyridine rings is 2. The summed E-state index contributed by atoms with van der Waals surface area (Å²) >= 11 is 0. The summed E-state index contributed by atoms with van der Waals surface area (Å²) in [5.41, 5.74) is 3.66. The zero-order chi connectivity index (χ0) is 15.8. The summed E-state index contributed by atoms with van der Waals surface area (Å²) in [5.74, 6) is 0. The fraction of sp³-hybridized carbons (Fsp3) is 0.412. The van der Waals surface area contributed by atoms with Crippen molar-refractivity contribution in [3.8, 4) is 0 Å². The molecule has 0 radical (unpaired) electrons. The summed E-state index contributed by atoms with van der Waals surface area (Å²) in [5, 5.41) is 2.99. The van der Waals surface area contributed by atoms with Crippen LogP contribution in [0.5, 0.6) is 0 Å². The third-order valence-electron chi connectivity index (χ3n) is 2.27. The lowest BCUT2D eigenvalue weighted by atomic mass is 10.2. The predicted molar refractivity (Wildman–Crippen MR) is 90.2 cm³/mol. The molecule has 0 bridgehead atoms. The number of hydrogen-bond acceptors (Lipinski definition) is 3. The number of hydrogen-bond donors (Lipinski definition) is 1. The predicted octanol–water partition coefficient (Wildman–Crippen LogP) is 4.87. The van der Waals surface area contributed by atoms with E-state index in [1.807, 2.05) is 65.3 Å². The highest BCUT2D eigenvalue weighted by Crippen LogP contribution is 2.00. The summed E-state index contributed by atoms with van der Waals surface area (Å²) in [6.45, 7) is 12.1. The molecule has 0 aliphatic heterocycles. The first-order chi connectivity index (χ1) is 9.74. The van der Waals surface area contributed by atoms with Gasteiger partial charge in [-0.05, 0) is 43.2 Å². The Bertz CT molecular complexity index is 393. The molecule has 2 aromatic heterocycles. The number of rotatable bonds is 1. The Kier molecular flexibility index (Phi) is 15.5. The van der Waals surface area contributed by atoms with Crippen molar-refractivity contribution in [3.05, 3.63) is 54.1 Å². The zero-order valence-electron chi connectivity index (χ0n) is 13.9. The van der Waals surface area contributed by atoms with E-state index in [0.717, 1.165) is 5.69 Å². The van der Waals surface area contributed by atoms with Crippen molar-refractivity contribution >= 4 is 5.69 Å². The average molecular weight is 275 g/mol. The van der Waals surface area contributed by atoms with Crippen LogP contribution in [-0.2, 0) is 0 Å². The Morgan fingerprint density at radius 1 is 0.750 bits per heavy atom. The first-order valence-corrected chi connectivity index (χ1v) is 7.19. The normalized spacial score (nSPS) is 7.75. The van der Waals surface area contributed by atoms with Gasteiger partial charge in [-0.2, -0.15) is 0 Å². The Hall–Kier alpha value is -1.90. The molecule has 0 fully saturated rings. The molecule has 0 atom stereocenters. The smallest absolute Gasteiger partial charge is 0.0368 e. The van der Waals surface area contributed by atoms with E-state index in [0.29, 0.717) is 0 Å². The van der Waals surface area contributed by atoms with Crippen LogP contribution in [0, 0.1) is 13.8 Å². The van der Waals surface area contributed by atoms with Crippen molar-refractivity contribution in [3.63, 3.8) is 0 Å². The second-order valence-electron chi connectivity index (χ2n) is 3.45. The van der Waals surface area contributed by atoms with Gasteiger partial charge in [0.05, 0.1) is 0 Å². The highest BCUT2D eigenvalue weighted by atomic mass is 14.8. The molecule has 112 valence electrons. The minimum absolute atomic E-state index is 1.10. The maximum absolute atomic E-state index is 3.95. The first kappa shape index (κ1) is 20.4. The van der Waals surface area contributed by atoms with Crippen LogP contribution in [0.1, 0.15) is 38.8 Å². The van der Waals surface area contributed by atoms with Crippen LogP contribution >= 0.6 is 0 Å². The minimum Gasteiger partial charge on any atom is -0.388 e. The van der Waals surface area contributed by atoms with Gasteiger partial charge in [-0.1, -0.05) is 27.7 Å². The number of aromatic nitrogens is 2. The molecule has 0 saturated carbocycles. The summed E-state index contributed by atoms with van der Waals surface area (Å²) in [7, 11) is 1.88. The highest BCUT2D eigenvalue weighted by molar-refractivity contribution is 5.39. The number of aryl methyl sites for hydroxylation is 2. The molecule has 0 spiro atoms. The fourth-order valence-electron chi connectivity index (χ4n) is 1.06. The van der Waals surface area contributed by atoms with Gasteiger partial charge in [0.15, 0.2) is 0 Å². The van der Waals surface area contributed by atoms with E-state index in [4.69, 9.17) is 0 Å². The summed E-state index contributed by atoms with van der Waals surface area (Å²) < 4.78 is 0. The number of nitrogens with one attached hydrogen (secondary N) is 1. The van der Waals surface area contributed by atoms with Crippen molar-refractivity contribution in [1.29, 1.82) is 0 Å². The van der Waals surface area contributed by atoms with Crippen molar-refractivity contribution in [2.24, 2.45) is 0 Å². The van der Waals surface area contributed by atoms with E-state index in [1.165, 1.54) is 11.1 Å². The Morgan fingerprint density at radius 3 is 1.55 bits per heavy atom. The lowest BCUT2D eigenvalue weighted by Crippen LogP contribution is -1.85. The molecular weight excluding hydrogens is 246 g/mol. The van der Waals surface area contributed by atoms with Crippen LogP contribution in [0.3, 0.4) is 0 Å². The molecule has 3 heteroatoms. The van der Waals surface area contributed by atoms with Crippen LogP contribution < -0.4 is 5.32 Å². The van der Waals surface area contributed by atoms with E-state index >= 15 is 0 Å². The first-order valence-electron chi connectivity index (χ1n) is 7.19. The van der Waals surface area contributed by atoms with Gasteiger partial charge < -0.3 is 5.32 Å². The van der Waals surface area contributed by atoms with Crippen LogP contribution in [0.15, 0.2) is 43.0 Å². The van der Waals surface area contributed by atoms with E-state index in [1.54, 1.807) is 12.4 Å². The van der Waals surface area contributed by atoms with Gasteiger partial charge >= 0.3 is 0 Å². The molecule has 20 heavy (non-hydrogen) atoms. The monoisotopic (exact) mass is 275 g/mol. The maximum atomic E-state index is 3.95. The molecule has 0 unspecified atom stereocenters. The number of anilines is 1. The third-order valence-corrected chi connectivity index (χ3v) is 2.27. The second-order valence-corrected chi connectivity index (χ2v) is 3.45. The van der Waals surface area contributed by atoms with Gasteiger partial charge in [0.2, 0.25) is 0 Å². The Labute approximate surface area is 124 Å². The number of nitrogens with zero attached hydrogens (tertiary/aromatic N) is 2. The molecule has 2 rings (SSSR count). The van der Waals surface area contributed by atoms with Crippen molar-refractivity contribution < 1.29 is 0 Å². The third kappa shape index (κ3) is 10.1. The maximum Gasteiger partial charge on any atom is 0.0368 e. The molecule has 0 aromatic carbocycles. The van der Waals surface area contributed by atoms with Crippen molar-refractivity contribution in [2.45, 2.75) is 41.5 Å². The van der Waals surface area contributed by atoms with Crippen LogP contribution in [0.4, 0.5) is 5.69 Å². The van der Waals surface area contributed by atoms with Crippen molar-refractivity contribution in [2.75, 3.05) is 12.4 Å². The van der Waals surface area contributed by atoms with E-state index < -0.39 is 0 Å². The molecule has 0 amide bonds. The average Bonchev–Trinajstić information content (AvgIpc) is 2.55. The van der Waals surface area contributed by atoms with E-state index in [-0.39, 0.29) is 0 Å². The standard InChI is InChI=1S/C7H9N.C6H8N2.2C2H6/c1-6-3-4-8-5-7(6)2;1-7-6-2-4-8-5-3-6;2*1-2/h3-5H,1-2H3;2-5H,1H3,(H,7,8);2*1-2H3. The molecule has 0 aliphatic rings. The van der Waals surface area contributed by atoms with E-state index in [9.17, 15) is 0 Å². The van der Waals surface area contributed by atoms with Gasteiger partial charge in [-0.15, -0.1) is 0 Å². The molecule has 3 nitrogen and oxygen atoms in total. The largest absolute Gasteiger partial charge is 0.388 e. The van der Waals surface area contributed by atoms with Crippen LogP contribution in [-0.4, -0.2) is 17.0 Å². The molecule has 0 saturated heterocycles. The fourth-order valence-corrected chi connectivity index (χ4v) is 1.06.